The highest BCUT2D eigenvalue weighted by molar-refractivity contribution is 8.14. The molecular formula is C9H11ClO4S. The van der Waals surface area contributed by atoms with Gasteiger partial charge in [0.25, 0.3) is 9.05 Å². The molecule has 0 spiro atoms. The van der Waals surface area contributed by atoms with Crippen molar-refractivity contribution in [3.8, 4) is 0 Å². The Hall–Kier alpha value is -0.620. The summed E-state index contributed by atoms with van der Waals surface area (Å²) in [5.74, 6) is 0. The Balaban J connectivity index is 3.37. The SMILES string of the molecule is COC(OC)(c1ccccc1)S(=O)(=O)Cl. The van der Waals surface area contributed by atoms with Crippen LogP contribution in [-0.2, 0) is 23.6 Å². The molecule has 0 saturated carbocycles. The van der Waals surface area contributed by atoms with Gasteiger partial charge in [0.15, 0.2) is 0 Å². The van der Waals surface area contributed by atoms with Crippen molar-refractivity contribution < 1.29 is 17.9 Å². The van der Waals surface area contributed by atoms with Crippen molar-refractivity contribution in [3.05, 3.63) is 35.9 Å². The number of hydrogen-bond donors (Lipinski definition) is 0. The molecule has 0 bridgehead atoms. The molecule has 0 fully saturated rings. The Kier molecular flexibility index (Phi) is 3.72. The molecule has 6 heteroatoms. The Labute approximate surface area is 93.2 Å². The molecule has 0 unspecified atom stereocenters. The lowest BCUT2D eigenvalue weighted by molar-refractivity contribution is -0.146. The van der Waals surface area contributed by atoms with Gasteiger partial charge in [-0.2, -0.15) is 0 Å². The number of ether oxygens (including phenoxy) is 2. The lowest BCUT2D eigenvalue weighted by Gasteiger charge is -2.27. The quantitative estimate of drug-likeness (QED) is 0.602. The molecule has 0 N–H and O–H groups in total. The molecule has 0 heterocycles. The zero-order chi connectivity index (χ0) is 11.5. The fourth-order valence-electron chi connectivity index (χ4n) is 1.30. The van der Waals surface area contributed by atoms with E-state index in [1.165, 1.54) is 14.2 Å². The van der Waals surface area contributed by atoms with Crippen LogP contribution in [0.1, 0.15) is 5.56 Å². The molecule has 15 heavy (non-hydrogen) atoms. The van der Waals surface area contributed by atoms with Crippen molar-refractivity contribution in [3.63, 3.8) is 0 Å². The molecule has 0 radical (unpaired) electrons. The predicted molar refractivity (Wildman–Crippen MR) is 56.9 cm³/mol. The fraction of sp³-hybridized carbons (Fsp3) is 0.333. The maximum absolute atomic E-state index is 11.4. The first-order valence-electron chi connectivity index (χ1n) is 4.08. The van der Waals surface area contributed by atoms with Crippen LogP contribution in [0.2, 0.25) is 0 Å². The molecule has 1 rings (SSSR count). The van der Waals surface area contributed by atoms with E-state index < -0.39 is 14.2 Å². The summed E-state index contributed by atoms with van der Waals surface area (Å²) in [4.78, 5) is 0. The van der Waals surface area contributed by atoms with E-state index in [0.717, 1.165) is 0 Å². The van der Waals surface area contributed by atoms with Crippen LogP contribution >= 0.6 is 10.7 Å². The lowest BCUT2D eigenvalue weighted by Crippen LogP contribution is -2.36. The van der Waals surface area contributed by atoms with Crippen LogP contribution < -0.4 is 0 Å². The normalized spacial score (nSPS) is 12.7. The highest BCUT2D eigenvalue weighted by Crippen LogP contribution is 2.34. The Bertz CT molecular complexity index is 411. The number of benzene rings is 1. The van der Waals surface area contributed by atoms with E-state index in [4.69, 9.17) is 20.2 Å². The topological polar surface area (TPSA) is 52.6 Å². The third kappa shape index (κ3) is 2.15. The van der Waals surface area contributed by atoms with Crippen LogP contribution in [0.25, 0.3) is 0 Å². The molecular weight excluding hydrogens is 240 g/mol. The summed E-state index contributed by atoms with van der Waals surface area (Å²) >= 11 is 0. The zero-order valence-corrected chi connectivity index (χ0v) is 9.88. The maximum atomic E-state index is 11.4. The second-order valence-corrected chi connectivity index (χ2v) is 5.40. The molecule has 1 aromatic rings. The summed E-state index contributed by atoms with van der Waals surface area (Å²) in [6, 6.07) is 8.22. The van der Waals surface area contributed by atoms with E-state index in [1.54, 1.807) is 30.3 Å². The highest BCUT2D eigenvalue weighted by Gasteiger charge is 2.45. The van der Waals surface area contributed by atoms with Crippen LogP contribution in [0.15, 0.2) is 30.3 Å². The van der Waals surface area contributed by atoms with E-state index in [2.05, 4.69) is 0 Å². The van der Waals surface area contributed by atoms with Crippen molar-refractivity contribution in [2.75, 3.05) is 14.2 Å². The molecule has 0 aliphatic rings. The predicted octanol–water partition coefficient (Wildman–Crippen LogP) is 1.66. The van der Waals surface area contributed by atoms with Gasteiger partial charge in [-0.05, 0) is 0 Å². The molecule has 0 saturated heterocycles. The third-order valence-electron chi connectivity index (χ3n) is 1.99. The first-order chi connectivity index (χ1) is 6.98. The van der Waals surface area contributed by atoms with Gasteiger partial charge in [0.1, 0.15) is 0 Å². The number of hydrogen-bond acceptors (Lipinski definition) is 4. The summed E-state index contributed by atoms with van der Waals surface area (Å²) in [6.45, 7) is 0. The maximum Gasteiger partial charge on any atom is 0.315 e. The molecule has 0 aromatic heterocycles. The first kappa shape index (κ1) is 12.4. The average Bonchev–Trinajstić information content (AvgIpc) is 2.20. The van der Waals surface area contributed by atoms with Gasteiger partial charge >= 0.3 is 5.12 Å². The largest absolute Gasteiger partial charge is 0.336 e. The third-order valence-corrected chi connectivity index (χ3v) is 3.81. The minimum atomic E-state index is -4.05. The standard InChI is InChI=1S/C9H11ClO4S/c1-13-9(14-2,15(10,11)12)8-6-4-3-5-7-8/h3-7H,1-2H3. The van der Waals surface area contributed by atoms with Gasteiger partial charge in [-0.15, -0.1) is 0 Å². The first-order valence-corrected chi connectivity index (χ1v) is 6.39. The highest BCUT2D eigenvalue weighted by atomic mass is 35.7. The van der Waals surface area contributed by atoms with E-state index >= 15 is 0 Å². The van der Waals surface area contributed by atoms with E-state index in [1.807, 2.05) is 0 Å². The average molecular weight is 251 g/mol. The van der Waals surface area contributed by atoms with Gasteiger partial charge in [0, 0.05) is 30.5 Å². The fourth-order valence-corrected chi connectivity index (χ4v) is 2.76. The van der Waals surface area contributed by atoms with Crippen molar-refractivity contribution in [2.45, 2.75) is 5.12 Å². The van der Waals surface area contributed by atoms with Crippen molar-refractivity contribution in [2.24, 2.45) is 0 Å². The van der Waals surface area contributed by atoms with Gasteiger partial charge in [0.2, 0.25) is 0 Å². The Morgan fingerprint density at radius 1 is 1.13 bits per heavy atom. The number of rotatable bonds is 4. The van der Waals surface area contributed by atoms with Gasteiger partial charge < -0.3 is 9.47 Å². The van der Waals surface area contributed by atoms with E-state index in [-0.39, 0.29) is 0 Å². The summed E-state index contributed by atoms with van der Waals surface area (Å²) in [5, 5.41) is -1.95. The Morgan fingerprint density at radius 3 is 1.93 bits per heavy atom. The molecule has 1 aromatic carbocycles. The molecule has 4 nitrogen and oxygen atoms in total. The molecule has 0 aliphatic heterocycles. The number of halogens is 1. The summed E-state index contributed by atoms with van der Waals surface area (Å²) in [6.07, 6.45) is 0. The van der Waals surface area contributed by atoms with Gasteiger partial charge in [-0.25, -0.2) is 8.42 Å². The summed E-state index contributed by atoms with van der Waals surface area (Å²) in [5.41, 5.74) is 0.324. The molecule has 0 atom stereocenters. The van der Waals surface area contributed by atoms with Gasteiger partial charge in [-0.3, -0.25) is 0 Å². The second kappa shape index (κ2) is 4.49. The van der Waals surface area contributed by atoms with Gasteiger partial charge in [-0.1, -0.05) is 30.3 Å². The van der Waals surface area contributed by atoms with E-state index in [9.17, 15) is 8.42 Å². The summed E-state index contributed by atoms with van der Waals surface area (Å²) < 4.78 is 32.7. The molecule has 0 aliphatic carbocycles. The second-order valence-electron chi connectivity index (χ2n) is 2.77. The number of methoxy groups -OCH3 is 2. The van der Waals surface area contributed by atoms with Crippen molar-refractivity contribution >= 4 is 19.7 Å². The van der Waals surface area contributed by atoms with Crippen molar-refractivity contribution in [1.82, 2.24) is 0 Å². The smallest absolute Gasteiger partial charge is 0.315 e. The molecule has 84 valence electrons. The van der Waals surface area contributed by atoms with Crippen LogP contribution in [0.3, 0.4) is 0 Å². The lowest BCUT2D eigenvalue weighted by atomic mass is 10.2. The van der Waals surface area contributed by atoms with E-state index in [0.29, 0.717) is 5.56 Å². The van der Waals surface area contributed by atoms with Crippen molar-refractivity contribution in [1.29, 1.82) is 0 Å². The van der Waals surface area contributed by atoms with Crippen LogP contribution in [0.4, 0.5) is 0 Å². The van der Waals surface area contributed by atoms with Crippen LogP contribution in [-0.4, -0.2) is 22.6 Å². The van der Waals surface area contributed by atoms with Gasteiger partial charge in [0.05, 0.1) is 0 Å². The van der Waals surface area contributed by atoms with Crippen LogP contribution in [0.5, 0.6) is 0 Å². The monoisotopic (exact) mass is 250 g/mol. The zero-order valence-electron chi connectivity index (χ0n) is 8.31. The Morgan fingerprint density at radius 2 is 1.60 bits per heavy atom. The minimum absolute atomic E-state index is 0.324. The minimum Gasteiger partial charge on any atom is -0.336 e. The molecule has 0 amide bonds. The van der Waals surface area contributed by atoms with Crippen LogP contribution in [0, 0.1) is 0 Å². The summed E-state index contributed by atoms with van der Waals surface area (Å²) in [7, 11) is 3.70.